The zero-order valence-electron chi connectivity index (χ0n) is 21.3. The highest BCUT2D eigenvalue weighted by molar-refractivity contribution is 7.87. The molecule has 0 radical (unpaired) electrons. The molecule has 194 valence electrons. The lowest BCUT2D eigenvalue weighted by Crippen LogP contribution is -2.51. The number of carbonyl (C=O) groups excluding carboxylic acids is 1. The van der Waals surface area contributed by atoms with E-state index in [2.05, 4.69) is 14.7 Å². The van der Waals surface area contributed by atoms with E-state index in [0.29, 0.717) is 24.7 Å². The third kappa shape index (κ3) is 7.46. The topological polar surface area (TPSA) is 111 Å². The van der Waals surface area contributed by atoms with Gasteiger partial charge in [-0.2, -0.15) is 17.4 Å². The lowest BCUT2D eigenvalue weighted by Gasteiger charge is -2.27. The van der Waals surface area contributed by atoms with E-state index in [1.807, 2.05) is 39.8 Å². The maximum atomic E-state index is 13.2. The summed E-state index contributed by atoms with van der Waals surface area (Å²) in [5, 5.41) is 1.75. The number of esters is 1. The van der Waals surface area contributed by atoms with Gasteiger partial charge in [0.1, 0.15) is 11.8 Å². The first-order chi connectivity index (χ1) is 17.1. The van der Waals surface area contributed by atoms with Crippen LogP contribution < -0.4 is 9.46 Å². The maximum Gasteiger partial charge on any atom is 0.324 e. The second-order valence-electron chi connectivity index (χ2n) is 9.47. The molecule has 0 saturated carbocycles. The fraction of sp³-hybridized carbons (Fsp3) is 0.423. The van der Waals surface area contributed by atoms with E-state index < -0.39 is 22.2 Å². The Kier molecular flexibility index (Phi) is 9.36. The van der Waals surface area contributed by atoms with Gasteiger partial charge < -0.3 is 9.47 Å². The van der Waals surface area contributed by atoms with Crippen molar-refractivity contribution in [2.75, 3.05) is 20.2 Å². The van der Waals surface area contributed by atoms with Crippen molar-refractivity contribution < 1.29 is 22.7 Å². The third-order valence-electron chi connectivity index (χ3n) is 5.36. The minimum atomic E-state index is -3.91. The lowest BCUT2D eigenvalue weighted by molar-refractivity contribution is -0.142. The van der Waals surface area contributed by atoms with Gasteiger partial charge in [0.05, 0.1) is 7.11 Å². The summed E-state index contributed by atoms with van der Waals surface area (Å²) in [6, 6.07) is 9.70. The van der Waals surface area contributed by atoms with Crippen LogP contribution in [-0.4, -0.2) is 54.9 Å². The molecule has 0 aliphatic heterocycles. The Balaban J connectivity index is 1.75. The number of pyridine rings is 2. The molecule has 1 aromatic carbocycles. The first-order valence-corrected chi connectivity index (χ1v) is 13.3. The minimum absolute atomic E-state index is 0.127. The van der Waals surface area contributed by atoms with Gasteiger partial charge in [-0.15, -0.1) is 0 Å². The fourth-order valence-electron chi connectivity index (χ4n) is 3.77. The number of benzene rings is 1. The number of methoxy groups -OCH3 is 1. The van der Waals surface area contributed by atoms with E-state index in [1.165, 1.54) is 11.4 Å². The van der Waals surface area contributed by atoms with Gasteiger partial charge in [0.25, 0.3) is 10.2 Å². The molecule has 0 fully saturated rings. The summed E-state index contributed by atoms with van der Waals surface area (Å²) in [6.45, 7) is 8.52. The Bertz CT molecular complexity index is 1250. The molecule has 0 aliphatic carbocycles. The Morgan fingerprint density at radius 3 is 2.28 bits per heavy atom. The molecule has 0 spiro atoms. The number of nitrogens with zero attached hydrogens (tertiary/aromatic N) is 3. The summed E-state index contributed by atoms with van der Waals surface area (Å²) in [6.07, 6.45) is 5.20. The third-order valence-corrected chi connectivity index (χ3v) is 6.92. The molecule has 3 rings (SSSR count). The number of rotatable bonds is 12. The normalized spacial score (nSPS) is 12.9. The Labute approximate surface area is 213 Å². The van der Waals surface area contributed by atoms with Crippen LogP contribution >= 0.6 is 0 Å². The van der Waals surface area contributed by atoms with Gasteiger partial charge >= 0.3 is 5.97 Å². The number of nitrogens with one attached hydrogen (secondary N) is 1. The average Bonchev–Trinajstić information content (AvgIpc) is 2.83. The molecule has 2 aromatic heterocycles. The van der Waals surface area contributed by atoms with Gasteiger partial charge in [-0.1, -0.05) is 39.8 Å². The van der Waals surface area contributed by atoms with Crippen LogP contribution in [0, 0.1) is 11.8 Å². The van der Waals surface area contributed by atoms with Gasteiger partial charge in [-0.3, -0.25) is 9.78 Å². The molecule has 3 aromatic rings. The second kappa shape index (κ2) is 12.2. The summed E-state index contributed by atoms with van der Waals surface area (Å²) < 4.78 is 41.1. The molecule has 10 heteroatoms. The predicted octanol–water partition coefficient (Wildman–Crippen LogP) is 3.95. The van der Waals surface area contributed by atoms with E-state index in [1.54, 1.807) is 42.9 Å². The Morgan fingerprint density at radius 1 is 1.00 bits per heavy atom. The largest absolute Gasteiger partial charge is 0.468 e. The van der Waals surface area contributed by atoms with Crippen LogP contribution in [-0.2, 0) is 26.2 Å². The van der Waals surface area contributed by atoms with Crippen LogP contribution in [0.4, 0.5) is 0 Å². The van der Waals surface area contributed by atoms with E-state index in [-0.39, 0.29) is 18.3 Å². The number of fused-ring (bicyclic) bond motifs is 1. The molecule has 0 bridgehead atoms. The predicted molar refractivity (Wildman–Crippen MR) is 139 cm³/mol. The highest BCUT2D eigenvalue weighted by Crippen LogP contribution is 2.27. The molecule has 1 atom stereocenters. The molecular formula is C26H34N4O5S. The summed E-state index contributed by atoms with van der Waals surface area (Å²) in [7, 11) is -2.67. The Hall–Kier alpha value is -3.08. The van der Waals surface area contributed by atoms with Crippen molar-refractivity contribution >= 4 is 27.0 Å². The molecular weight excluding hydrogens is 480 g/mol. The summed E-state index contributed by atoms with van der Waals surface area (Å²) in [5.74, 6) is 0.638. The van der Waals surface area contributed by atoms with Gasteiger partial charge in [0, 0.05) is 42.5 Å². The maximum absolute atomic E-state index is 13.2. The summed E-state index contributed by atoms with van der Waals surface area (Å²) in [5.41, 5.74) is 0.745. The zero-order valence-corrected chi connectivity index (χ0v) is 22.2. The van der Waals surface area contributed by atoms with E-state index >= 15 is 0 Å². The molecule has 0 aliphatic rings. The van der Waals surface area contributed by atoms with E-state index in [0.717, 1.165) is 16.3 Å². The van der Waals surface area contributed by atoms with Gasteiger partial charge in [0.15, 0.2) is 0 Å². The summed E-state index contributed by atoms with van der Waals surface area (Å²) >= 11 is 0. The second-order valence-corrected chi connectivity index (χ2v) is 11.2. The molecule has 36 heavy (non-hydrogen) atoms. The number of hydrogen-bond donors (Lipinski definition) is 1. The Morgan fingerprint density at radius 2 is 1.67 bits per heavy atom. The van der Waals surface area contributed by atoms with E-state index in [4.69, 9.17) is 9.47 Å². The summed E-state index contributed by atoms with van der Waals surface area (Å²) in [4.78, 5) is 20.9. The molecule has 2 heterocycles. The first kappa shape index (κ1) is 27.5. The van der Waals surface area contributed by atoms with Crippen LogP contribution in [0.2, 0.25) is 0 Å². The van der Waals surface area contributed by atoms with Crippen molar-refractivity contribution in [1.29, 1.82) is 0 Å². The van der Waals surface area contributed by atoms with Crippen molar-refractivity contribution in [2.45, 2.75) is 40.2 Å². The number of carbonyl (C=O) groups is 1. The standard InChI is InChI=1S/C26H34N4O5S/c1-18(2)16-30(17-19(3)4)36(32,33)29-24(26(31)34-5)14-20-6-8-22(9-7-20)35-25-23-11-12-27-15-21(23)10-13-28-25/h6-13,15,18-19,24,29H,14,16-17H2,1-5H3. The zero-order chi connectivity index (χ0) is 26.3. The molecule has 1 N–H and O–H groups in total. The van der Waals surface area contributed by atoms with Crippen LogP contribution in [0.15, 0.2) is 55.0 Å². The highest BCUT2D eigenvalue weighted by Gasteiger charge is 2.30. The van der Waals surface area contributed by atoms with Crippen LogP contribution in [0.1, 0.15) is 33.3 Å². The van der Waals surface area contributed by atoms with Crippen molar-refractivity contribution in [3.63, 3.8) is 0 Å². The first-order valence-electron chi connectivity index (χ1n) is 11.9. The lowest BCUT2D eigenvalue weighted by atomic mass is 10.1. The average molecular weight is 515 g/mol. The minimum Gasteiger partial charge on any atom is -0.468 e. The van der Waals surface area contributed by atoms with Crippen molar-refractivity contribution in [2.24, 2.45) is 11.8 Å². The quantitative estimate of drug-likeness (QED) is 0.364. The van der Waals surface area contributed by atoms with Crippen LogP contribution in [0.5, 0.6) is 11.6 Å². The van der Waals surface area contributed by atoms with Crippen LogP contribution in [0.25, 0.3) is 10.8 Å². The number of hydrogen-bond acceptors (Lipinski definition) is 7. The monoisotopic (exact) mass is 514 g/mol. The van der Waals surface area contributed by atoms with Crippen molar-refractivity contribution in [1.82, 2.24) is 19.0 Å². The molecule has 1 unspecified atom stereocenters. The molecule has 0 saturated heterocycles. The smallest absolute Gasteiger partial charge is 0.324 e. The van der Waals surface area contributed by atoms with Crippen molar-refractivity contribution in [3.05, 3.63) is 60.6 Å². The SMILES string of the molecule is COC(=O)C(Cc1ccc(Oc2nccc3cnccc23)cc1)NS(=O)(=O)N(CC(C)C)CC(C)C. The van der Waals surface area contributed by atoms with E-state index in [9.17, 15) is 13.2 Å². The molecule has 9 nitrogen and oxygen atoms in total. The van der Waals surface area contributed by atoms with Gasteiger partial charge in [-0.25, -0.2) is 4.98 Å². The fourth-order valence-corrected chi connectivity index (χ4v) is 5.44. The molecule has 0 amide bonds. The van der Waals surface area contributed by atoms with Crippen molar-refractivity contribution in [3.8, 4) is 11.6 Å². The number of ether oxygens (including phenoxy) is 2. The van der Waals surface area contributed by atoms with Crippen LogP contribution in [0.3, 0.4) is 0 Å². The van der Waals surface area contributed by atoms with Gasteiger partial charge in [0.2, 0.25) is 5.88 Å². The number of aromatic nitrogens is 2. The highest BCUT2D eigenvalue weighted by atomic mass is 32.2. The van der Waals surface area contributed by atoms with Gasteiger partial charge in [-0.05, 0) is 48.1 Å².